The van der Waals surface area contributed by atoms with Crippen LogP contribution in [0, 0.1) is 28.6 Å². The van der Waals surface area contributed by atoms with Crippen molar-refractivity contribution >= 4 is 12.3 Å². The average Bonchev–Trinajstić information content (AvgIpc) is 3.49. The SMILES string of the molecule is CO[C@H]1[C@@H](O[C@H]2CC[C@]3(C=O)[C@@H]4CC[C@]5(C)[C@H](C6=CC(=O)OC6)CC[C@]5(O)[C@H]4CC[C@@]3(O)C2)O[C@H](C)[C@@H](O)[C@@H]1OC. The molecule has 13 atom stereocenters. The highest BCUT2D eigenvalue weighted by Gasteiger charge is 2.71. The molecule has 6 aliphatic rings. The first-order valence-electron chi connectivity index (χ1n) is 15.3. The van der Waals surface area contributed by atoms with Crippen LogP contribution < -0.4 is 0 Å². The van der Waals surface area contributed by atoms with E-state index >= 15 is 0 Å². The molecule has 0 radical (unpaired) electrons. The summed E-state index contributed by atoms with van der Waals surface area (Å²) in [6.45, 7) is 4.20. The van der Waals surface area contributed by atoms with Crippen LogP contribution in [0.2, 0.25) is 0 Å². The maximum absolute atomic E-state index is 13.1. The minimum Gasteiger partial charge on any atom is -0.458 e. The molecule has 4 aliphatic carbocycles. The Bertz CT molecular complexity index is 1080. The van der Waals surface area contributed by atoms with Gasteiger partial charge >= 0.3 is 5.97 Å². The second-order valence-electron chi connectivity index (χ2n) is 13.8. The fourth-order valence-electron chi connectivity index (χ4n) is 10.2. The minimum absolute atomic E-state index is 0.0677. The van der Waals surface area contributed by atoms with Crippen LogP contribution in [-0.4, -0.2) is 96.4 Å². The molecule has 230 valence electrons. The van der Waals surface area contributed by atoms with Gasteiger partial charge in [0.2, 0.25) is 0 Å². The molecule has 0 spiro atoms. The van der Waals surface area contributed by atoms with E-state index in [2.05, 4.69) is 6.92 Å². The van der Waals surface area contributed by atoms with Crippen molar-refractivity contribution in [2.45, 2.75) is 120 Å². The first kappa shape index (κ1) is 29.7. The van der Waals surface area contributed by atoms with E-state index in [1.54, 1.807) is 13.0 Å². The zero-order chi connectivity index (χ0) is 29.4. The summed E-state index contributed by atoms with van der Waals surface area (Å²) in [5.41, 5.74) is -2.66. The van der Waals surface area contributed by atoms with Gasteiger partial charge in [0.1, 0.15) is 31.2 Å². The van der Waals surface area contributed by atoms with Crippen LogP contribution in [0.15, 0.2) is 11.6 Å². The summed E-state index contributed by atoms with van der Waals surface area (Å²) in [4.78, 5) is 24.9. The Balaban J connectivity index is 1.22. The molecule has 0 bridgehead atoms. The summed E-state index contributed by atoms with van der Waals surface area (Å²) >= 11 is 0. The van der Waals surface area contributed by atoms with Gasteiger partial charge in [-0.3, -0.25) is 0 Å². The number of cyclic esters (lactones) is 1. The van der Waals surface area contributed by atoms with E-state index in [0.717, 1.165) is 31.1 Å². The van der Waals surface area contributed by atoms with Gasteiger partial charge in [-0.05, 0) is 81.6 Å². The molecule has 0 aromatic carbocycles. The molecular formula is C31H46O10. The summed E-state index contributed by atoms with van der Waals surface area (Å²) in [7, 11) is 3.04. The quantitative estimate of drug-likeness (QED) is 0.244. The van der Waals surface area contributed by atoms with Crippen LogP contribution in [0.3, 0.4) is 0 Å². The largest absolute Gasteiger partial charge is 0.458 e. The average molecular weight is 579 g/mol. The Morgan fingerprint density at radius 3 is 2.39 bits per heavy atom. The molecule has 0 amide bonds. The summed E-state index contributed by atoms with van der Waals surface area (Å²) in [6.07, 6.45) is 3.93. The summed E-state index contributed by atoms with van der Waals surface area (Å²) in [6, 6.07) is 0. The van der Waals surface area contributed by atoms with Gasteiger partial charge < -0.3 is 43.8 Å². The Labute approximate surface area is 241 Å². The monoisotopic (exact) mass is 578 g/mol. The highest BCUT2D eigenvalue weighted by Crippen LogP contribution is 2.70. The van der Waals surface area contributed by atoms with Crippen molar-refractivity contribution in [2.24, 2.45) is 28.6 Å². The number of methoxy groups -OCH3 is 2. The zero-order valence-electron chi connectivity index (χ0n) is 24.6. The van der Waals surface area contributed by atoms with Gasteiger partial charge in [-0.2, -0.15) is 0 Å². The van der Waals surface area contributed by atoms with Gasteiger partial charge in [-0.15, -0.1) is 0 Å². The van der Waals surface area contributed by atoms with E-state index in [-0.39, 0.29) is 36.2 Å². The van der Waals surface area contributed by atoms with E-state index in [0.29, 0.717) is 38.7 Å². The number of hydrogen-bond acceptors (Lipinski definition) is 10. The van der Waals surface area contributed by atoms with E-state index < -0.39 is 52.7 Å². The molecule has 6 rings (SSSR count). The number of fused-ring (bicyclic) bond motifs is 5. The number of aliphatic hydroxyl groups excluding tert-OH is 1. The van der Waals surface area contributed by atoms with E-state index in [4.69, 9.17) is 23.7 Å². The lowest BCUT2D eigenvalue weighted by molar-refractivity contribution is -0.323. The highest BCUT2D eigenvalue weighted by molar-refractivity contribution is 5.85. The lowest BCUT2D eigenvalue weighted by atomic mass is 9.41. The molecule has 0 aromatic heterocycles. The standard InChI is InChI=1S/C31H46O10/c1-17-24(34)25(37-3)26(38-4)27(40-17)41-19-5-10-29(16-32)21-6-9-28(2)20(18-13-23(33)39-15-18)8-12-31(28,36)22(21)7-11-30(29,35)14-19/h13,16-17,19-22,24-27,34-36H,5-12,14-15H2,1-4H3/t17-,19+,20+,21-,22+,24-,25+,26-,27-,28-,29+,30-,31+/m1/s1. The second kappa shape index (κ2) is 10.4. The third-order valence-electron chi connectivity index (χ3n) is 12.5. The van der Waals surface area contributed by atoms with E-state index in [9.17, 15) is 24.9 Å². The molecule has 4 saturated carbocycles. The summed E-state index contributed by atoms with van der Waals surface area (Å²) in [5, 5.41) is 35.2. The molecule has 5 fully saturated rings. The molecular weight excluding hydrogens is 532 g/mol. The maximum atomic E-state index is 13.1. The number of esters is 1. The molecule has 10 nitrogen and oxygen atoms in total. The Morgan fingerprint density at radius 2 is 1.73 bits per heavy atom. The van der Waals surface area contributed by atoms with Crippen molar-refractivity contribution in [3.05, 3.63) is 11.6 Å². The number of ether oxygens (including phenoxy) is 5. The number of aliphatic hydroxyl groups is 3. The first-order chi connectivity index (χ1) is 19.5. The van der Waals surface area contributed by atoms with Crippen LogP contribution in [0.4, 0.5) is 0 Å². The molecule has 2 aliphatic heterocycles. The van der Waals surface area contributed by atoms with Gasteiger partial charge in [0.15, 0.2) is 6.29 Å². The zero-order valence-corrected chi connectivity index (χ0v) is 24.6. The van der Waals surface area contributed by atoms with Crippen LogP contribution in [0.5, 0.6) is 0 Å². The second-order valence-corrected chi connectivity index (χ2v) is 13.8. The Morgan fingerprint density at radius 1 is 1.00 bits per heavy atom. The first-order valence-corrected chi connectivity index (χ1v) is 15.3. The Kier molecular flexibility index (Phi) is 7.49. The van der Waals surface area contributed by atoms with Crippen molar-refractivity contribution in [3.8, 4) is 0 Å². The van der Waals surface area contributed by atoms with Crippen molar-refractivity contribution < 1.29 is 48.6 Å². The molecule has 1 saturated heterocycles. The number of carbonyl (C=O) groups excluding carboxylic acids is 2. The van der Waals surface area contributed by atoms with Gasteiger partial charge in [0, 0.05) is 32.1 Å². The van der Waals surface area contributed by atoms with Crippen molar-refractivity contribution in [1.29, 1.82) is 0 Å². The van der Waals surface area contributed by atoms with E-state index in [1.807, 2.05) is 0 Å². The molecule has 3 N–H and O–H groups in total. The van der Waals surface area contributed by atoms with Gasteiger partial charge in [-0.1, -0.05) is 6.92 Å². The fraction of sp³-hybridized carbons (Fsp3) is 0.871. The van der Waals surface area contributed by atoms with Crippen LogP contribution in [0.25, 0.3) is 0 Å². The predicted molar refractivity (Wildman–Crippen MR) is 144 cm³/mol. The molecule has 41 heavy (non-hydrogen) atoms. The van der Waals surface area contributed by atoms with E-state index in [1.165, 1.54) is 14.2 Å². The number of hydrogen-bond donors (Lipinski definition) is 3. The number of carbonyl (C=O) groups is 2. The minimum atomic E-state index is -1.27. The van der Waals surface area contributed by atoms with Crippen LogP contribution in [0.1, 0.15) is 71.6 Å². The van der Waals surface area contributed by atoms with Gasteiger partial charge in [0.05, 0.1) is 28.8 Å². The normalized spacial score (nSPS) is 53.1. The molecule has 0 aromatic rings. The van der Waals surface area contributed by atoms with Gasteiger partial charge in [-0.25, -0.2) is 4.79 Å². The van der Waals surface area contributed by atoms with Crippen molar-refractivity contribution in [3.63, 3.8) is 0 Å². The van der Waals surface area contributed by atoms with Gasteiger partial charge in [0.25, 0.3) is 0 Å². The highest BCUT2D eigenvalue weighted by atomic mass is 16.7. The predicted octanol–water partition coefficient (Wildman–Crippen LogP) is 2.06. The third-order valence-corrected chi connectivity index (χ3v) is 12.5. The summed E-state index contributed by atoms with van der Waals surface area (Å²) in [5.74, 6) is -0.499. The lowest BCUT2D eigenvalue weighted by Crippen LogP contribution is -2.69. The van der Waals surface area contributed by atoms with Crippen LogP contribution >= 0.6 is 0 Å². The maximum Gasteiger partial charge on any atom is 0.331 e. The molecule has 10 heteroatoms. The smallest absolute Gasteiger partial charge is 0.331 e. The number of rotatable bonds is 6. The third kappa shape index (κ3) is 4.15. The molecule has 2 heterocycles. The molecule has 0 unspecified atom stereocenters. The Hall–Kier alpha value is -1.40. The van der Waals surface area contributed by atoms with Crippen molar-refractivity contribution in [2.75, 3.05) is 20.8 Å². The lowest BCUT2D eigenvalue weighted by Gasteiger charge is -2.65. The van der Waals surface area contributed by atoms with Crippen LogP contribution in [-0.2, 0) is 33.3 Å². The summed E-state index contributed by atoms with van der Waals surface area (Å²) < 4.78 is 28.7. The fourth-order valence-corrected chi connectivity index (χ4v) is 10.2. The number of aldehydes is 1. The topological polar surface area (TPSA) is 141 Å². The van der Waals surface area contributed by atoms with Crippen molar-refractivity contribution in [1.82, 2.24) is 0 Å².